The predicted molar refractivity (Wildman–Crippen MR) is 90.3 cm³/mol. The number of ether oxygens (including phenoxy) is 2. The predicted octanol–water partition coefficient (Wildman–Crippen LogP) is 1.98. The van der Waals surface area contributed by atoms with Crippen molar-refractivity contribution >= 4 is 27.9 Å². The second-order valence-electron chi connectivity index (χ2n) is 5.41. The smallest absolute Gasteiger partial charge is 0.341 e. The molecule has 2 aromatic carbocycles. The SMILES string of the molecule is COC(=O)c1ccc2c(=O)c3c(OC)cc(CCO)cc3oc2c1O. The van der Waals surface area contributed by atoms with Crippen molar-refractivity contribution in [1.82, 2.24) is 0 Å². The highest BCUT2D eigenvalue weighted by molar-refractivity contribution is 6.02. The van der Waals surface area contributed by atoms with Crippen molar-refractivity contribution in [3.8, 4) is 11.5 Å². The van der Waals surface area contributed by atoms with Crippen LogP contribution in [0.3, 0.4) is 0 Å². The van der Waals surface area contributed by atoms with Gasteiger partial charge in [-0.3, -0.25) is 4.79 Å². The molecule has 0 amide bonds. The number of benzene rings is 2. The van der Waals surface area contributed by atoms with Crippen LogP contribution in [-0.2, 0) is 11.2 Å². The van der Waals surface area contributed by atoms with Gasteiger partial charge in [-0.2, -0.15) is 0 Å². The number of phenolic OH excluding ortho intramolecular Hbond substituents is 1. The highest BCUT2D eigenvalue weighted by atomic mass is 16.5. The van der Waals surface area contributed by atoms with Crippen molar-refractivity contribution in [2.75, 3.05) is 20.8 Å². The van der Waals surface area contributed by atoms with Gasteiger partial charge >= 0.3 is 5.97 Å². The maximum absolute atomic E-state index is 12.8. The van der Waals surface area contributed by atoms with Crippen LogP contribution in [0.25, 0.3) is 21.9 Å². The molecule has 7 heteroatoms. The molecular weight excluding hydrogens is 328 g/mol. The van der Waals surface area contributed by atoms with E-state index in [1.807, 2.05) is 0 Å². The van der Waals surface area contributed by atoms with Gasteiger partial charge in [-0.05, 0) is 36.2 Å². The molecule has 0 aliphatic rings. The topological polar surface area (TPSA) is 106 Å². The van der Waals surface area contributed by atoms with Gasteiger partial charge in [-0.1, -0.05) is 0 Å². The lowest BCUT2D eigenvalue weighted by molar-refractivity contribution is 0.0597. The van der Waals surface area contributed by atoms with E-state index >= 15 is 0 Å². The van der Waals surface area contributed by atoms with Crippen LogP contribution in [0.2, 0.25) is 0 Å². The third-order valence-corrected chi connectivity index (χ3v) is 3.97. The van der Waals surface area contributed by atoms with E-state index in [4.69, 9.17) is 14.3 Å². The van der Waals surface area contributed by atoms with E-state index in [1.54, 1.807) is 12.1 Å². The molecule has 2 N–H and O–H groups in total. The van der Waals surface area contributed by atoms with E-state index in [0.29, 0.717) is 17.7 Å². The van der Waals surface area contributed by atoms with Gasteiger partial charge < -0.3 is 24.1 Å². The van der Waals surface area contributed by atoms with Crippen LogP contribution < -0.4 is 10.2 Å². The Hall–Kier alpha value is -3.06. The number of fused-ring (bicyclic) bond motifs is 2. The Kier molecular flexibility index (Phi) is 4.33. The Morgan fingerprint density at radius 3 is 2.64 bits per heavy atom. The minimum absolute atomic E-state index is 0.0792. The molecule has 0 radical (unpaired) electrons. The summed E-state index contributed by atoms with van der Waals surface area (Å²) in [5.74, 6) is -0.892. The number of rotatable bonds is 4. The first-order chi connectivity index (χ1) is 12.0. The summed E-state index contributed by atoms with van der Waals surface area (Å²) in [6.07, 6.45) is 0.349. The molecule has 7 nitrogen and oxygen atoms in total. The molecule has 0 bridgehead atoms. The molecule has 130 valence electrons. The van der Waals surface area contributed by atoms with E-state index in [1.165, 1.54) is 26.4 Å². The summed E-state index contributed by atoms with van der Waals surface area (Å²) < 4.78 is 15.6. The van der Waals surface area contributed by atoms with Gasteiger partial charge in [0.2, 0.25) is 5.43 Å². The van der Waals surface area contributed by atoms with Crippen LogP contribution in [0.5, 0.6) is 11.5 Å². The Balaban J connectivity index is 2.42. The number of esters is 1. The van der Waals surface area contributed by atoms with Crippen molar-refractivity contribution in [3.63, 3.8) is 0 Å². The molecule has 3 aromatic rings. The lowest BCUT2D eigenvalue weighted by Crippen LogP contribution is -2.07. The lowest BCUT2D eigenvalue weighted by Gasteiger charge is -2.10. The van der Waals surface area contributed by atoms with Crippen LogP contribution in [0.15, 0.2) is 33.5 Å². The Morgan fingerprint density at radius 2 is 2.00 bits per heavy atom. The van der Waals surface area contributed by atoms with E-state index in [2.05, 4.69) is 4.74 Å². The minimum Gasteiger partial charge on any atom is -0.504 e. The lowest BCUT2D eigenvalue weighted by atomic mass is 10.0. The molecule has 0 unspecified atom stereocenters. The number of phenols is 1. The van der Waals surface area contributed by atoms with Crippen molar-refractivity contribution in [3.05, 3.63) is 45.6 Å². The Morgan fingerprint density at radius 1 is 1.24 bits per heavy atom. The fourth-order valence-corrected chi connectivity index (χ4v) is 2.76. The van der Waals surface area contributed by atoms with Crippen LogP contribution in [-0.4, -0.2) is 37.0 Å². The molecular formula is C18H16O7. The monoisotopic (exact) mass is 344 g/mol. The Bertz CT molecular complexity index is 1030. The molecule has 25 heavy (non-hydrogen) atoms. The van der Waals surface area contributed by atoms with Gasteiger partial charge in [-0.15, -0.1) is 0 Å². The van der Waals surface area contributed by atoms with Crippen molar-refractivity contribution in [2.24, 2.45) is 0 Å². The number of hydrogen-bond acceptors (Lipinski definition) is 7. The third-order valence-electron chi connectivity index (χ3n) is 3.97. The van der Waals surface area contributed by atoms with E-state index in [-0.39, 0.29) is 34.1 Å². The molecule has 0 saturated heterocycles. The van der Waals surface area contributed by atoms with E-state index in [9.17, 15) is 14.7 Å². The first-order valence-corrected chi connectivity index (χ1v) is 7.50. The third kappa shape index (κ3) is 2.68. The molecule has 0 fully saturated rings. The van der Waals surface area contributed by atoms with Crippen LogP contribution in [0, 0.1) is 0 Å². The molecule has 0 spiro atoms. The highest BCUT2D eigenvalue weighted by Crippen LogP contribution is 2.33. The fourth-order valence-electron chi connectivity index (χ4n) is 2.76. The number of hydrogen-bond donors (Lipinski definition) is 2. The quantitative estimate of drug-likeness (QED) is 0.550. The zero-order chi connectivity index (χ0) is 18.1. The van der Waals surface area contributed by atoms with Gasteiger partial charge in [0.15, 0.2) is 11.3 Å². The largest absolute Gasteiger partial charge is 0.504 e. The number of aromatic hydroxyl groups is 1. The Labute approximate surface area is 142 Å². The zero-order valence-electron chi connectivity index (χ0n) is 13.7. The minimum atomic E-state index is -0.742. The first-order valence-electron chi connectivity index (χ1n) is 7.50. The van der Waals surface area contributed by atoms with Crippen LogP contribution in [0.1, 0.15) is 15.9 Å². The maximum Gasteiger partial charge on any atom is 0.341 e. The number of aliphatic hydroxyl groups excluding tert-OH is 1. The molecule has 0 aliphatic heterocycles. The normalized spacial score (nSPS) is 11.0. The molecule has 1 heterocycles. The molecule has 1 aromatic heterocycles. The molecule has 0 saturated carbocycles. The molecule has 0 aliphatic carbocycles. The van der Waals surface area contributed by atoms with Crippen LogP contribution >= 0.6 is 0 Å². The number of aliphatic hydroxyl groups is 1. The standard InChI is InChI=1S/C18H16O7/c1-23-12-7-9(5-6-19)8-13-14(12)15(20)10-3-4-11(18(22)24-2)16(21)17(10)25-13/h3-4,7-8,19,21H,5-6H2,1-2H3. The van der Waals surface area contributed by atoms with Gasteiger partial charge in [0.25, 0.3) is 0 Å². The number of methoxy groups -OCH3 is 2. The summed E-state index contributed by atoms with van der Waals surface area (Å²) in [7, 11) is 2.62. The van der Waals surface area contributed by atoms with E-state index < -0.39 is 17.1 Å². The summed E-state index contributed by atoms with van der Waals surface area (Å²) in [5, 5.41) is 19.8. The summed E-state index contributed by atoms with van der Waals surface area (Å²) in [4.78, 5) is 24.5. The summed E-state index contributed by atoms with van der Waals surface area (Å²) in [6.45, 7) is -0.0792. The van der Waals surface area contributed by atoms with E-state index in [0.717, 1.165) is 0 Å². The number of carbonyl (C=O) groups excluding carboxylic acids is 1. The zero-order valence-corrected chi connectivity index (χ0v) is 13.7. The second kappa shape index (κ2) is 6.45. The summed E-state index contributed by atoms with van der Waals surface area (Å²) in [5.41, 5.74) is 0.297. The summed E-state index contributed by atoms with van der Waals surface area (Å²) >= 11 is 0. The average molecular weight is 344 g/mol. The average Bonchev–Trinajstić information content (AvgIpc) is 2.61. The highest BCUT2D eigenvalue weighted by Gasteiger charge is 2.20. The fraction of sp³-hybridized carbons (Fsp3) is 0.222. The van der Waals surface area contributed by atoms with Crippen molar-refractivity contribution < 1.29 is 28.9 Å². The molecule has 3 rings (SSSR count). The maximum atomic E-state index is 12.8. The van der Waals surface area contributed by atoms with Crippen LogP contribution in [0.4, 0.5) is 0 Å². The van der Waals surface area contributed by atoms with Crippen molar-refractivity contribution in [2.45, 2.75) is 6.42 Å². The number of carbonyl (C=O) groups is 1. The molecule has 0 atom stereocenters. The first kappa shape index (κ1) is 16.8. The van der Waals surface area contributed by atoms with Gasteiger partial charge in [0, 0.05) is 6.61 Å². The van der Waals surface area contributed by atoms with Crippen molar-refractivity contribution in [1.29, 1.82) is 0 Å². The summed E-state index contributed by atoms with van der Waals surface area (Å²) in [6, 6.07) is 5.95. The van der Waals surface area contributed by atoms with Gasteiger partial charge in [-0.25, -0.2) is 4.79 Å². The van der Waals surface area contributed by atoms with Gasteiger partial charge in [0.1, 0.15) is 22.3 Å². The second-order valence-corrected chi connectivity index (χ2v) is 5.41. The van der Waals surface area contributed by atoms with Gasteiger partial charge in [0.05, 0.1) is 19.6 Å².